The quantitative estimate of drug-likeness (QED) is 0.105. The van der Waals surface area contributed by atoms with Crippen LogP contribution in [0.5, 0.6) is 51.7 Å². The first-order chi connectivity index (χ1) is 25.2. The second-order valence-electron chi connectivity index (χ2n) is 12.0. The summed E-state index contributed by atoms with van der Waals surface area (Å²) >= 11 is 0. The van der Waals surface area contributed by atoms with E-state index in [9.17, 15) is 60.7 Å². The smallest absolute Gasteiger partial charge is 0.239 e. The SMILES string of the molecule is O=c1cc(-c2ccc(O)c(Oc3cc(O)c4c(=O)c(OC5OC(CO)C(O)C(O)C5O)c(-c5ccc(O)c(O)c5)oc4c3)c2)oc2cc(O)cc(O)c12. The number of hydrogen-bond donors (Lipinski definition) is 10. The molecule has 1 saturated heterocycles. The molecule has 6 aromatic rings. The van der Waals surface area contributed by atoms with E-state index in [4.69, 9.17) is 23.0 Å². The van der Waals surface area contributed by atoms with E-state index in [-0.39, 0.29) is 50.7 Å². The summed E-state index contributed by atoms with van der Waals surface area (Å²) in [7, 11) is 0. The van der Waals surface area contributed by atoms with Crippen molar-refractivity contribution in [3.05, 3.63) is 87.2 Å². The van der Waals surface area contributed by atoms with Gasteiger partial charge in [0, 0.05) is 41.5 Å². The summed E-state index contributed by atoms with van der Waals surface area (Å²) in [6.45, 7) is -0.802. The highest BCUT2D eigenvalue weighted by molar-refractivity contribution is 5.89. The van der Waals surface area contributed by atoms with Gasteiger partial charge >= 0.3 is 0 Å². The van der Waals surface area contributed by atoms with Crippen molar-refractivity contribution >= 4 is 21.9 Å². The number of ether oxygens (including phenoxy) is 3. The standard InChI is InChI=1S/C36H28O17/c37-12-27-30(45)32(47)33(48)36(52-27)53-35-31(46)29-21(43)9-16(10-26(29)51-34(35)14-2-3-17(39)19(41)5-14)49-24-6-13(1-4-18(24)40)23-11-22(44)28-20(42)7-15(38)8-25(28)50-23/h1-11,27,30,32-33,36-43,45,47-48H,12H2. The molecule has 53 heavy (non-hydrogen) atoms. The molecule has 0 bridgehead atoms. The molecular formula is C36H28O17. The lowest BCUT2D eigenvalue weighted by Gasteiger charge is -2.39. The first-order valence-corrected chi connectivity index (χ1v) is 15.6. The maximum absolute atomic E-state index is 14.0. The first kappa shape index (κ1) is 34.9. The molecule has 5 unspecified atom stereocenters. The van der Waals surface area contributed by atoms with Crippen molar-refractivity contribution in [1.29, 1.82) is 0 Å². The van der Waals surface area contributed by atoms with Crippen LogP contribution >= 0.6 is 0 Å². The summed E-state index contributed by atoms with van der Waals surface area (Å²) in [5.74, 6) is -4.71. The van der Waals surface area contributed by atoms with Crippen molar-refractivity contribution in [2.45, 2.75) is 30.7 Å². The van der Waals surface area contributed by atoms with E-state index in [1.807, 2.05) is 0 Å². The number of rotatable bonds is 7. The van der Waals surface area contributed by atoms with E-state index < -0.39 is 93.8 Å². The molecule has 17 heteroatoms. The maximum atomic E-state index is 14.0. The van der Waals surface area contributed by atoms with Gasteiger partial charge in [0.1, 0.15) is 75.1 Å². The van der Waals surface area contributed by atoms with Gasteiger partial charge in [0.2, 0.25) is 17.5 Å². The van der Waals surface area contributed by atoms with Gasteiger partial charge in [-0.1, -0.05) is 0 Å². The van der Waals surface area contributed by atoms with Crippen molar-refractivity contribution < 1.29 is 74.1 Å². The predicted molar refractivity (Wildman–Crippen MR) is 180 cm³/mol. The monoisotopic (exact) mass is 732 g/mol. The van der Waals surface area contributed by atoms with Gasteiger partial charge in [-0.25, -0.2) is 0 Å². The molecule has 17 nitrogen and oxygen atoms in total. The van der Waals surface area contributed by atoms with Gasteiger partial charge < -0.3 is 74.1 Å². The molecule has 10 N–H and O–H groups in total. The molecular weight excluding hydrogens is 704 g/mol. The van der Waals surface area contributed by atoms with Crippen LogP contribution in [0.15, 0.2) is 85.2 Å². The molecule has 0 saturated carbocycles. The largest absolute Gasteiger partial charge is 0.508 e. The Morgan fingerprint density at radius 2 is 1.34 bits per heavy atom. The highest BCUT2D eigenvalue weighted by Gasteiger charge is 2.45. The van der Waals surface area contributed by atoms with Gasteiger partial charge in [-0.15, -0.1) is 0 Å². The van der Waals surface area contributed by atoms with Crippen LogP contribution in [0.3, 0.4) is 0 Å². The Balaban J connectivity index is 1.31. The van der Waals surface area contributed by atoms with E-state index >= 15 is 0 Å². The van der Waals surface area contributed by atoms with Crippen LogP contribution in [0.2, 0.25) is 0 Å². The van der Waals surface area contributed by atoms with Gasteiger partial charge in [0.05, 0.1) is 6.61 Å². The minimum atomic E-state index is -1.95. The molecule has 0 amide bonds. The van der Waals surface area contributed by atoms with E-state index in [1.165, 1.54) is 24.3 Å². The number of hydrogen-bond acceptors (Lipinski definition) is 17. The fourth-order valence-corrected chi connectivity index (χ4v) is 5.83. The van der Waals surface area contributed by atoms with Gasteiger partial charge in [0.15, 0.2) is 34.2 Å². The summed E-state index contributed by atoms with van der Waals surface area (Å²) in [5, 5.41) is 102. The van der Waals surface area contributed by atoms with Gasteiger partial charge in [-0.3, -0.25) is 9.59 Å². The highest BCUT2D eigenvalue weighted by atomic mass is 16.7. The molecule has 0 aliphatic carbocycles. The molecule has 1 aliphatic heterocycles. The lowest BCUT2D eigenvalue weighted by molar-refractivity contribution is -0.277. The summed E-state index contributed by atoms with van der Waals surface area (Å²) in [5.41, 5.74) is -1.99. The second-order valence-corrected chi connectivity index (χ2v) is 12.0. The topological polar surface area (TPSA) is 290 Å². The van der Waals surface area contributed by atoms with E-state index in [2.05, 4.69) is 0 Å². The fourth-order valence-electron chi connectivity index (χ4n) is 5.83. The van der Waals surface area contributed by atoms with E-state index in [0.717, 1.165) is 42.5 Å². The molecule has 274 valence electrons. The molecule has 3 heterocycles. The van der Waals surface area contributed by atoms with Crippen molar-refractivity contribution in [3.8, 4) is 74.4 Å². The Hall–Kier alpha value is -6.50. The Labute approximate surface area is 294 Å². The third-order valence-corrected chi connectivity index (χ3v) is 8.49. The summed E-state index contributed by atoms with van der Waals surface area (Å²) in [6, 6.07) is 12.6. The van der Waals surface area contributed by atoms with Crippen LogP contribution < -0.4 is 20.3 Å². The zero-order valence-electron chi connectivity index (χ0n) is 26.8. The zero-order valence-corrected chi connectivity index (χ0v) is 26.8. The van der Waals surface area contributed by atoms with Crippen LogP contribution in [-0.4, -0.2) is 88.4 Å². The molecule has 1 aliphatic rings. The average Bonchev–Trinajstić information content (AvgIpc) is 3.10. The number of benzene rings is 4. The third kappa shape index (κ3) is 6.24. The highest BCUT2D eigenvalue weighted by Crippen LogP contribution is 2.42. The second kappa shape index (κ2) is 13.2. The molecule has 2 aromatic heterocycles. The summed E-state index contributed by atoms with van der Waals surface area (Å²) in [6.07, 6.45) is -8.83. The maximum Gasteiger partial charge on any atom is 0.239 e. The van der Waals surface area contributed by atoms with Crippen LogP contribution in [0.25, 0.3) is 44.6 Å². The fraction of sp³-hybridized carbons (Fsp3) is 0.167. The molecule has 0 spiro atoms. The van der Waals surface area contributed by atoms with Gasteiger partial charge in [-0.2, -0.15) is 0 Å². The van der Waals surface area contributed by atoms with Gasteiger partial charge in [0.25, 0.3) is 0 Å². The molecule has 4 aromatic carbocycles. The number of phenols is 6. The number of aromatic hydroxyl groups is 6. The zero-order chi connectivity index (χ0) is 37.9. The summed E-state index contributed by atoms with van der Waals surface area (Å²) in [4.78, 5) is 26.7. The average molecular weight is 733 g/mol. The normalized spacial score (nSPS) is 20.1. The Kier molecular flexibility index (Phi) is 8.72. The molecule has 7 rings (SSSR count). The van der Waals surface area contributed by atoms with Crippen molar-refractivity contribution in [2.75, 3.05) is 6.61 Å². The van der Waals surface area contributed by atoms with Crippen LogP contribution in [0.4, 0.5) is 0 Å². The Bertz CT molecular complexity index is 2520. The number of phenolic OH excluding ortho intramolecular Hbond substituents is 6. The Morgan fingerprint density at radius 1 is 0.642 bits per heavy atom. The lowest BCUT2D eigenvalue weighted by Crippen LogP contribution is -2.60. The molecule has 0 radical (unpaired) electrons. The van der Waals surface area contributed by atoms with Crippen LogP contribution in [0.1, 0.15) is 0 Å². The minimum absolute atomic E-state index is 0.0292. The number of aliphatic hydroxyl groups excluding tert-OH is 4. The summed E-state index contributed by atoms with van der Waals surface area (Å²) < 4.78 is 28.6. The van der Waals surface area contributed by atoms with Crippen LogP contribution in [-0.2, 0) is 4.74 Å². The Morgan fingerprint density at radius 3 is 2.08 bits per heavy atom. The third-order valence-electron chi connectivity index (χ3n) is 8.49. The predicted octanol–water partition coefficient (Wildman–Crippen LogP) is 2.44. The number of fused-ring (bicyclic) bond motifs is 2. The van der Waals surface area contributed by atoms with Gasteiger partial charge in [-0.05, 0) is 36.4 Å². The number of aliphatic hydroxyl groups is 4. The lowest BCUT2D eigenvalue weighted by atomic mass is 9.99. The van der Waals surface area contributed by atoms with Crippen LogP contribution in [0, 0.1) is 0 Å². The van der Waals surface area contributed by atoms with E-state index in [0.29, 0.717) is 0 Å². The molecule has 1 fully saturated rings. The van der Waals surface area contributed by atoms with E-state index in [1.54, 1.807) is 0 Å². The minimum Gasteiger partial charge on any atom is -0.508 e. The first-order valence-electron chi connectivity index (χ1n) is 15.6. The van der Waals surface area contributed by atoms with Crippen molar-refractivity contribution in [3.63, 3.8) is 0 Å². The molecule has 5 atom stereocenters. The van der Waals surface area contributed by atoms with Crippen molar-refractivity contribution in [1.82, 2.24) is 0 Å². The van der Waals surface area contributed by atoms with Crippen molar-refractivity contribution in [2.24, 2.45) is 0 Å².